The SMILES string of the molecule is Nc1ccc(/C=C/C(=O)NCc2cc3cc(-c4ccc(C(=O)N5CC[C@@H](F)C5)cc4)cc(C(F)(F)F)c3o2)cn1. The van der Waals surface area contributed by atoms with E-state index >= 15 is 0 Å². The highest BCUT2D eigenvalue weighted by Crippen LogP contribution is 2.39. The maximum Gasteiger partial charge on any atom is 0.420 e. The summed E-state index contributed by atoms with van der Waals surface area (Å²) >= 11 is 0. The third kappa shape index (κ3) is 5.98. The van der Waals surface area contributed by atoms with Gasteiger partial charge in [0.15, 0.2) is 0 Å². The van der Waals surface area contributed by atoms with Gasteiger partial charge in [-0.3, -0.25) is 9.59 Å². The van der Waals surface area contributed by atoms with Gasteiger partial charge in [0, 0.05) is 29.8 Å². The highest BCUT2D eigenvalue weighted by atomic mass is 19.4. The lowest BCUT2D eigenvalue weighted by Crippen LogP contribution is -2.28. The Hall–Kier alpha value is -4.67. The molecule has 0 unspecified atom stereocenters. The Morgan fingerprint density at radius 3 is 2.52 bits per heavy atom. The van der Waals surface area contributed by atoms with Crippen LogP contribution in [0.3, 0.4) is 0 Å². The molecule has 0 spiro atoms. The number of anilines is 1. The van der Waals surface area contributed by atoms with Gasteiger partial charge in [0.25, 0.3) is 5.91 Å². The van der Waals surface area contributed by atoms with Crippen LogP contribution in [0.5, 0.6) is 0 Å². The molecule has 4 aromatic rings. The molecule has 1 fully saturated rings. The van der Waals surface area contributed by atoms with Crippen LogP contribution in [0.1, 0.15) is 33.7 Å². The number of rotatable bonds is 6. The number of pyridine rings is 1. The van der Waals surface area contributed by atoms with Crippen molar-refractivity contribution in [2.45, 2.75) is 25.3 Å². The number of carbonyl (C=O) groups excluding carboxylic acids is 2. The Balaban J connectivity index is 1.35. The summed E-state index contributed by atoms with van der Waals surface area (Å²) in [6, 6.07) is 13.4. The molecule has 2 amide bonds. The van der Waals surface area contributed by atoms with Crippen molar-refractivity contribution in [1.29, 1.82) is 0 Å². The van der Waals surface area contributed by atoms with E-state index in [1.54, 1.807) is 30.3 Å². The first-order valence-electron chi connectivity index (χ1n) is 12.4. The lowest BCUT2D eigenvalue weighted by Gasteiger charge is -2.15. The van der Waals surface area contributed by atoms with Gasteiger partial charge in [0.05, 0.1) is 18.7 Å². The summed E-state index contributed by atoms with van der Waals surface area (Å²) in [5, 5.41) is 2.80. The summed E-state index contributed by atoms with van der Waals surface area (Å²) in [5.41, 5.74) is 5.95. The van der Waals surface area contributed by atoms with Crippen LogP contribution in [0.2, 0.25) is 0 Å². The number of likely N-dealkylation sites (tertiary alicyclic amines) is 1. The minimum absolute atomic E-state index is 0.0336. The number of alkyl halides is 4. The molecule has 0 radical (unpaired) electrons. The van der Waals surface area contributed by atoms with Gasteiger partial charge in [-0.25, -0.2) is 9.37 Å². The van der Waals surface area contributed by atoms with Gasteiger partial charge < -0.3 is 20.4 Å². The molecule has 1 aliphatic heterocycles. The second-order valence-corrected chi connectivity index (χ2v) is 9.43. The fourth-order valence-electron chi connectivity index (χ4n) is 4.48. The van der Waals surface area contributed by atoms with Crippen molar-refractivity contribution in [3.8, 4) is 11.1 Å². The number of amides is 2. The smallest absolute Gasteiger partial charge is 0.420 e. The maximum absolute atomic E-state index is 14.0. The van der Waals surface area contributed by atoms with Gasteiger partial charge in [0.1, 0.15) is 23.3 Å². The van der Waals surface area contributed by atoms with E-state index in [9.17, 15) is 27.2 Å². The predicted molar refractivity (Wildman–Crippen MR) is 142 cm³/mol. The van der Waals surface area contributed by atoms with E-state index < -0.39 is 23.8 Å². The van der Waals surface area contributed by atoms with Crippen LogP contribution in [0.4, 0.5) is 23.4 Å². The number of furan rings is 1. The summed E-state index contributed by atoms with van der Waals surface area (Å²) in [7, 11) is 0. The quantitative estimate of drug-likeness (QED) is 0.239. The number of halogens is 4. The topological polar surface area (TPSA) is 101 Å². The Labute approximate surface area is 226 Å². The molecule has 1 atom stereocenters. The van der Waals surface area contributed by atoms with Crippen molar-refractivity contribution in [1.82, 2.24) is 15.2 Å². The first-order chi connectivity index (χ1) is 19.1. The lowest BCUT2D eigenvalue weighted by atomic mass is 9.99. The number of hydrogen-bond donors (Lipinski definition) is 2. The van der Waals surface area contributed by atoms with Crippen LogP contribution in [0.25, 0.3) is 28.2 Å². The number of aromatic nitrogens is 1. The minimum atomic E-state index is -4.70. The van der Waals surface area contributed by atoms with Crippen molar-refractivity contribution in [3.63, 3.8) is 0 Å². The molecular formula is C29H24F4N4O3. The molecule has 1 aliphatic rings. The number of nitrogen functional groups attached to an aromatic ring is 1. The van der Waals surface area contributed by atoms with E-state index in [0.717, 1.165) is 6.07 Å². The average molecular weight is 553 g/mol. The molecule has 0 bridgehead atoms. The molecule has 2 aromatic carbocycles. The number of fused-ring (bicyclic) bond motifs is 1. The molecule has 40 heavy (non-hydrogen) atoms. The number of hydrogen-bond acceptors (Lipinski definition) is 5. The van der Waals surface area contributed by atoms with E-state index in [2.05, 4.69) is 10.3 Å². The monoisotopic (exact) mass is 552 g/mol. The standard InChI is InChI=1S/C29H24F4N4O3/c30-22-9-10-37(16-22)28(39)19-5-3-18(4-6-19)20-11-21-12-23(40-27(21)24(13-20)29(31,32)33)15-36-26(38)8-2-17-1-7-25(34)35-14-17/h1-8,11-14,22H,9-10,15-16H2,(H2,34,35)(H,36,38)/b8-2+/t22-/m1/s1. The van der Waals surface area contributed by atoms with Crippen molar-refractivity contribution in [3.05, 3.63) is 89.3 Å². The third-order valence-electron chi connectivity index (χ3n) is 6.53. The minimum Gasteiger partial charge on any atom is -0.459 e. The molecular weight excluding hydrogens is 528 g/mol. The largest absolute Gasteiger partial charge is 0.459 e. The number of benzene rings is 2. The van der Waals surface area contributed by atoms with Gasteiger partial charge in [-0.15, -0.1) is 0 Å². The number of carbonyl (C=O) groups is 2. The summed E-state index contributed by atoms with van der Waals surface area (Å²) in [6.45, 7) is 0.232. The molecule has 5 rings (SSSR count). The zero-order chi connectivity index (χ0) is 28.4. The molecule has 3 heterocycles. The Morgan fingerprint density at radius 2 is 1.88 bits per heavy atom. The van der Waals surface area contributed by atoms with E-state index in [0.29, 0.717) is 35.5 Å². The predicted octanol–water partition coefficient (Wildman–Crippen LogP) is 5.61. The van der Waals surface area contributed by atoms with Gasteiger partial charge in [-0.1, -0.05) is 12.1 Å². The van der Waals surface area contributed by atoms with E-state index in [-0.39, 0.29) is 41.3 Å². The summed E-state index contributed by atoms with van der Waals surface area (Å²) < 4.78 is 60.9. The molecule has 7 nitrogen and oxygen atoms in total. The molecule has 1 saturated heterocycles. The van der Waals surface area contributed by atoms with Crippen LogP contribution in [0, 0.1) is 0 Å². The van der Waals surface area contributed by atoms with Crippen LogP contribution >= 0.6 is 0 Å². The van der Waals surface area contributed by atoms with Gasteiger partial charge >= 0.3 is 6.18 Å². The van der Waals surface area contributed by atoms with Crippen LogP contribution < -0.4 is 11.1 Å². The second-order valence-electron chi connectivity index (χ2n) is 9.43. The van der Waals surface area contributed by atoms with Crippen LogP contribution in [-0.4, -0.2) is 41.0 Å². The molecule has 2 aromatic heterocycles. The van der Waals surface area contributed by atoms with Crippen molar-refractivity contribution >= 4 is 34.7 Å². The third-order valence-corrected chi connectivity index (χ3v) is 6.53. The fraction of sp³-hybridized carbons (Fsp3) is 0.207. The van der Waals surface area contributed by atoms with Crippen molar-refractivity contribution in [2.75, 3.05) is 18.8 Å². The zero-order valence-electron chi connectivity index (χ0n) is 21.0. The van der Waals surface area contributed by atoms with Crippen LogP contribution in [-0.2, 0) is 17.5 Å². The Bertz CT molecular complexity index is 1580. The van der Waals surface area contributed by atoms with Gasteiger partial charge in [-0.2, -0.15) is 13.2 Å². The van der Waals surface area contributed by atoms with E-state index in [4.69, 9.17) is 10.2 Å². The second kappa shape index (κ2) is 10.8. The summed E-state index contributed by atoms with van der Waals surface area (Å²) in [6.07, 6.45) is -1.17. The molecule has 0 aliphatic carbocycles. The lowest BCUT2D eigenvalue weighted by molar-refractivity contribution is -0.136. The first kappa shape index (κ1) is 26.9. The highest BCUT2D eigenvalue weighted by Gasteiger charge is 2.35. The molecule has 11 heteroatoms. The maximum atomic E-state index is 14.0. The molecule has 3 N–H and O–H groups in total. The van der Waals surface area contributed by atoms with Gasteiger partial charge in [-0.05, 0) is 71.7 Å². The summed E-state index contributed by atoms with van der Waals surface area (Å²) in [4.78, 5) is 30.1. The van der Waals surface area contributed by atoms with Crippen molar-refractivity contribution < 1.29 is 31.6 Å². The van der Waals surface area contributed by atoms with Gasteiger partial charge in [0.2, 0.25) is 5.91 Å². The van der Waals surface area contributed by atoms with Crippen molar-refractivity contribution in [2.24, 2.45) is 0 Å². The van der Waals surface area contributed by atoms with E-state index in [1.807, 2.05) is 0 Å². The molecule has 0 saturated carbocycles. The number of nitrogens with zero attached hydrogens (tertiary/aromatic N) is 2. The normalized spacial score (nSPS) is 15.7. The first-order valence-corrected chi connectivity index (χ1v) is 12.4. The summed E-state index contributed by atoms with van der Waals surface area (Å²) in [5.74, 6) is -0.305. The van der Waals surface area contributed by atoms with Crippen LogP contribution in [0.15, 0.2) is 71.3 Å². The molecule has 206 valence electrons. The Kier molecular flexibility index (Phi) is 7.29. The Morgan fingerprint density at radius 1 is 1.10 bits per heavy atom. The highest BCUT2D eigenvalue weighted by molar-refractivity contribution is 5.95. The fourth-order valence-corrected chi connectivity index (χ4v) is 4.48. The number of nitrogens with two attached hydrogens (primary N) is 1. The average Bonchev–Trinajstić information content (AvgIpc) is 3.56. The zero-order valence-corrected chi connectivity index (χ0v) is 21.0. The number of nitrogens with one attached hydrogen (secondary N) is 1. The van der Waals surface area contributed by atoms with E-state index in [1.165, 1.54) is 41.4 Å².